The summed E-state index contributed by atoms with van der Waals surface area (Å²) >= 11 is 5.87. The molecule has 0 bridgehead atoms. The molecule has 0 fully saturated rings. The molecule has 0 aliphatic carbocycles. The second kappa shape index (κ2) is 7.88. The summed E-state index contributed by atoms with van der Waals surface area (Å²) in [7, 11) is -1.11. The second-order valence-corrected chi connectivity index (χ2v) is 13.8. The molecule has 3 rings (SSSR count). The van der Waals surface area contributed by atoms with Crippen LogP contribution in [0.3, 0.4) is 0 Å². The summed E-state index contributed by atoms with van der Waals surface area (Å²) in [5.74, 6) is -0.191. The number of ether oxygens (including phenoxy) is 1. The highest BCUT2D eigenvalue weighted by Gasteiger charge is 2.16. The maximum Gasteiger partial charge on any atom is 0.211 e. The molecule has 0 N–H and O–H groups in total. The van der Waals surface area contributed by atoms with Crippen LogP contribution in [0, 0.1) is 6.92 Å². The van der Waals surface area contributed by atoms with Crippen molar-refractivity contribution >= 4 is 36.4 Å². The molecule has 0 radical (unpaired) electrons. The normalized spacial score (nSPS) is 11.9. The van der Waals surface area contributed by atoms with E-state index in [4.69, 9.17) is 16.3 Å². The second-order valence-electron chi connectivity index (χ2n) is 7.78. The smallest absolute Gasteiger partial charge is 0.211 e. The van der Waals surface area contributed by atoms with E-state index in [0.717, 1.165) is 29.1 Å². The molecule has 0 saturated carbocycles. The third-order valence-electron chi connectivity index (χ3n) is 4.26. The molecule has 142 valence electrons. The first kappa shape index (κ1) is 19.7. The van der Waals surface area contributed by atoms with Gasteiger partial charge in [0, 0.05) is 31.7 Å². The Bertz CT molecular complexity index is 981. The average molecular weight is 403 g/mol. The largest absolute Gasteiger partial charge is 0.360 e. The van der Waals surface area contributed by atoms with E-state index in [1.54, 1.807) is 6.20 Å². The van der Waals surface area contributed by atoms with Crippen LogP contribution < -0.4 is 0 Å². The van der Waals surface area contributed by atoms with Crippen molar-refractivity contribution in [2.45, 2.75) is 39.3 Å². The maximum atomic E-state index is 12.7. The highest BCUT2D eigenvalue weighted by atomic mass is 35.5. The molecule has 0 amide bonds. The lowest BCUT2D eigenvalue weighted by Crippen LogP contribution is -2.22. The number of aromatic nitrogens is 4. The summed E-state index contributed by atoms with van der Waals surface area (Å²) in [6, 6.07) is 6.26. The molecule has 0 atom stereocenters. The number of fused-ring (bicyclic) bond motifs is 1. The standard InChI is InChI=1S/C19H23ClN4O2Si/c1-13-7-14(19(25)16-9-17(20)22-11-21-16)8-15-10-23-24(18(13)15)12-26-5-6-27(2,3)4/h7-11H,5-6,12H2,1-4H3. The average Bonchev–Trinajstić information content (AvgIpc) is 3.01. The minimum atomic E-state index is -1.11. The van der Waals surface area contributed by atoms with Crippen molar-refractivity contribution in [2.75, 3.05) is 6.61 Å². The first-order chi connectivity index (χ1) is 12.7. The lowest BCUT2D eigenvalue weighted by molar-refractivity contribution is 0.0816. The molecule has 2 heterocycles. The summed E-state index contributed by atoms with van der Waals surface area (Å²) in [6.45, 7) is 10.1. The van der Waals surface area contributed by atoms with Crippen LogP contribution in [0.1, 0.15) is 21.6 Å². The zero-order valence-electron chi connectivity index (χ0n) is 16.0. The van der Waals surface area contributed by atoms with Crippen molar-refractivity contribution in [3.05, 3.63) is 52.7 Å². The minimum Gasteiger partial charge on any atom is -0.360 e. The van der Waals surface area contributed by atoms with Crippen LogP contribution in [0.15, 0.2) is 30.7 Å². The van der Waals surface area contributed by atoms with Gasteiger partial charge in [0.25, 0.3) is 0 Å². The lowest BCUT2D eigenvalue weighted by Gasteiger charge is -2.15. The number of hydrogen-bond acceptors (Lipinski definition) is 5. The minimum absolute atomic E-state index is 0.191. The van der Waals surface area contributed by atoms with E-state index in [2.05, 4.69) is 34.7 Å². The third kappa shape index (κ3) is 4.80. The van der Waals surface area contributed by atoms with Gasteiger partial charge in [0.1, 0.15) is 23.9 Å². The van der Waals surface area contributed by atoms with Crippen LogP contribution in [-0.2, 0) is 11.5 Å². The van der Waals surface area contributed by atoms with Crippen molar-refractivity contribution in [1.82, 2.24) is 19.7 Å². The molecule has 3 aromatic rings. The van der Waals surface area contributed by atoms with E-state index in [9.17, 15) is 4.79 Å². The van der Waals surface area contributed by atoms with E-state index in [-0.39, 0.29) is 16.6 Å². The number of benzene rings is 1. The van der Waals surface area contributed by atoms with Crippen molar-refractivity contribution in [3.63, 3.8) is 0 Å². The first-order valence-corrected chi connectivity index (χ1v) is 12.9. The predicted molar refractivity (Wildman–Crippen MR) is 109 cm³/mol. The fourth-order valence-electron chi connectivity index (χ4n) is 2.81. The van der Waals surface area contributed by atoms with Gasteiger partial charge in [-0.25, -0.2) is 14.6 Å². The van der Waals surface area contributed by atoms with E-state index < -0.39 is 8.07 Å². The summed E-state index contributed by atoms with van der Waals surface area (Å²) in [6.07, 6.45) is 3.05. The molecule has 1 aromatic carbocycles. The molecule has 0 aliphatic heterocycles. The summed E-state index contributed by atoms with van der Waals surface area (Å²) < 4.78 is 7.65. The summed E-state index contributed by atoms with van der Waals surface area (Å²) in [5, 5.41) is 5.56. The zero-order valence-corrected chi connectivity index (χ0v) is 17.7. The quantitative estimate of drug-likeness (QED) is 0.254. The highest BCUT2D eigenvalue weighted by molar-refractivity contribution is 6.76. The Kier molecular flexibility index (Phi) is 5.74. The first-order valence-electron chi connectivity index (χ1n) is 8.81. The number of rotatable bonds is 7. The van der Waals surface area contributed by atoms with Crippen LogP contribution in [0.4, 0.5) is 0 Å². The molecule has 8 heteroatoms. The fraction of sp³-hybridized carbons (Fsp3) is 0.368. The molecule has 27 heavy (non-hydrogen) atoms. The van der Waals surface area contributed by atoms with Crippen LogP contribution in [0.2, 0.25) is 30.8 Å². The van der Waals surface area contributed by atoms with Gasteiger partial charge < -0.3 is 4.74 Å². The predicted octanol–water partition coefficient (Wildman–Crippen LogP) is 4.33. The lowest BCUT2D eigenvalue weighted by atomic mass is 10.0. The van der Waals surface area contributed by atoms with Crippen LogP contribution >= 0.6 is 11.6 Å². The van der Waals surface area contributed by atoms with E-state index in [0.29, 0.717) is 12.3 Å². The van der Waals surface area contributed by atoms with Crippen LogP contribution in [0.5, 0.6) is 0 Å². The van der Waals surface area contributed by atoms with Gasteiger partial charge in [0.05, 0.1) is 11.7 Å². The van der Waals surface area contributed by atoms with Crippen molar-refractivity contribution in [1.29, 1.82) is 0 Å². The number of aryl methyl sites for hydroxylation is 1. The monoisotopic (exact) mass is 402 g/mol. The SMILES string of the molecule is Cc1cc(C(=O)c2cc(Cl)ncn2)cc2cnn(COCC[Si](C)(C)C)c12. The third-order valence-corrected chi connectivity index (χ3v) is 6.17. The number of nitrogens with zero attached hydrogens (tertiary/aromatic N) is 4. The number of hydrogen-bond donors (Lipinski definition) is 0. The van der Waals surface area contributed by atoms with Gasteiger partial charge in [-0.05, 0) is 30.7 Å². The molecule has 2 aromatic heterocycles. The summed E-state index contributed by atoms with van der Waals surface area (Å²) in [5.41, 5.74) is 2.76. The maximum absolute atomic E-state index is 12.7. The van der Waals surface area contributed by atoms with Crippen molar-refractivity contribution in [2.24, 2.45) is 0 Å². The fourth-order valence-corrected chi connectivity index (χ4v) is 3.72. The molecule has 0 aliphatic rings. The van der Waals surface area contributed by atoms with Gasteiger partial charge in [-0.3, -0.25) is 4.79 Å². The Morgan fingerprint density at radius 1 is 1.22 bits per heavy atom. The highest BCUT2D eigenvalue weighted by Crippen LogP contribution is 2.23. The number of carbonyl (C=O) groups is 1. The summed E-state index contributed by atoms with van der Waals surface area (Å²) in [4.78, 5) is 20.5. The Labute approximate surface area is 164 Å². The van der Waals surface area contributed by atoms with Gasteiger partial charge in [0.15, 0.2) is 0 Å². The van der Waals surface area contributed by atoms with E-state index >= 15 is 0 Å². The molecular formula is C19H23ClN4O2Si. The Hall–Kier alpha value is -2.09. The van der Waals surface area contributed by atoms with Gasteiger partial charge in [-0.2, -0.15) is 5.10 Å². The van der Waals surface area contributed by atoms with Gasteiger partial charge >= 0.3 is 0 Å². The number of ketones is 1. The van der Waals surface area contributed by atoms with Crippen molar-refractivity contribution < 1.29 is 9.53 Å². The van der Waals surface area contributed by atoms with E-state index in [1.807, 2.05) is 23.7 Å². The zero-order chi connectivity index (χ0) is 19.6. The Morgan fingerprint density at radius 3 is 2.70 bits per heavy atom. The molecular weight excluding hydrogens is 380 g/mol. The topological polar surface area (TPSA) is 69.9 Å². The van der Waals surface area contributed by atoms with Crippen molar-refractivity contribution in [3.8, 4) is 0 Å². The van der Waals surface area contributed by atoms with Crippen LogP contribution in [0.25, 0.3) is 10.9 Å². The Morgan fingerprint density at radius 2 is 2.00 bits per heavy atom. The Balaban J connectivity index is 1.81. The van der Waals surface area contributed by atoms with Crippen LogP contribution in [-0.4, -0.2) is 40.2 Å². The molecule has 0 saturated heterocycles. The molecule has 6 nitrogen and oxygen atoms in total. The van der Waals surface area contributed by atoms with Gasteiger partial charge in [-0.1, -0.05) is 31.2 Å². The number of halogens is 1. The van der Waals surface area contributed by atoms with Gasteiger partial charge in [0.2, 0.25) is 5.78 Å². The number of carbonyl (C=O) groups excluding carboxylic acids is 1. The van der Waals surface area contributed by atoms with E-state index in [1.165, 1.54) is 12.4 Å². The van der Waals surface area contributed by atoms with Gasteiger partial charge in [-0.15, -0.1) is 0 Å². The molecule has 0 spiro atoms. The molecule has 0 unspecified atom stereocenters.